The van der Waals surface area contributed by atoms with Crippen molar-refractivity contribution in [3.05, 3.63) is 68.2 Å². The molecule has 0 atom stereocenters. The van der Waals surface area contributed by atoms with Gasteiger partial charge in [-0.25, -0.2) is 0 Å². The summed E-state index contributed by atoms with van der Waals surface area (Å²) < 4.78 is 10.7. The molecule has 6 nitrogen and oxygen atoms in total. The van der Waals surface area contributed by atoms with E-state index in [2.05, 4.69) is 9.97 Å². The monoisotopic (exact) mass is 436 g/mol. The van der Waals surface area contributed by atoms with Crippen LogP contribution in [0, 0.1) is 0 Å². The summed E-state index contributed by atoms with van der Waals surface area (Å²) in [5.74, 6) is 0.651. The summed E-state index contributed by atoms with van der Waals surface area (Å²) in [5, 5.41) is 0. The van der Waals surface area contributed by atoms with Crippen LogP contribution in [-0.2, 0) is 10.8 Å². The second-order valence-electron chi connectivity index (χ2n) is 9.99. The normalized spacial score (nSPS) is 12.0. The van der Waals surface area contributed by atoms with Crippen molar-refractivity contribution in [3.8, 4) is 34.0 Å². The number of aromatic nitrogens is 2. The molecule has 0 bridgehead atoms. The lowest BCUT2D eigenvalue weighted by Gasteiger charge is -2.23. The quantitative estimate of drug-likeness (QED) is 0.602. The van der Waals surface area contributed by atoms with Crippen LogP contribution in [0.5, 0.6) is 11.5 Å². The van der Waals surface area contributed by atoms with E-state index in [4.69, 9.17) is 9.47 Å². The maximum Gasteiger partial charge on any atom is 0.224 e. The molecule has 6 heteroatoms. The average molecular weight is 437 g/mol. The molecular weight excluding hydrogens is 404 g/mol. The molecule has 0 fully saturated rings. The van der Waals surface area contributed by atoms with Gasteiger partial charge in [0.2, 0.25) is 10.9 Å². The van der Waals surface area contributed by atoms with E-state index in [0.29, 0.717) is 22.9 Å². The Morgan fingerprint density at radius 3 is 1.34 bits per heavy atom. The highest BCUT2D eigenvalue weighted by Crippen LogP contribution is 2.32. The molecule has 1 aromatic carbocycles. The molecule has 0 aliphatic carbocycles. The highest BCUT2D eigenvalue weighted by Gasteiger charge is 2.24. The van der Waals surface area contributed by atoms with Gasteiger partial charge in [0.25, 0.3) is 0 Å². The van der Waals surface area contributed by atoms with Crippen LogP contribution >= 0.6 is 0 Å². The Morgan fingerprint density at radius 1 is 0.656 bits per heavy atom. The van der Waals surface area contributed by atoms with Crippen molar-refractivity contribution in [1.29, 1.82) is 0 Å². The second-order valence-corrected chi connectivity index (χ2v) is 9.99. The van der Waals surface area contributed by atoms with Crippen LogP contribution in [0.2, 0.25) is 0 Å². The molecule has 0 unspecified atom stereocenters. The SMILES string of the molecule is COc1c(C(C)(C)C)[nH]c(-c2cccc(-c3cc(=O)c(OC)c(C(C)(C)C)[nH]3)c2)cc1=O. The number of nitrogens with one attached hydrogen (secondary N) is 2. The molecule has 0 spiro atoms. The topological polar surface area (TPSA) is 84.2 Å². The van der Waals surface area contributed by atoms with Crippen LogP contribution < -0.4 is 20.3 Å². The smallest absolute Gasteiger partial charge is 0.224 e. The van der Waals surface area contributed by atoms with E-state index in [1.807, 2.05) is 65.8 Å². The summed E-state index contributed by atoms with van der Waals surface area (Å²) in [5.41, 5.74) is 3.56. The lowest BCUT2D eigenvalue weighted by molar-refractivity contribution is 0.388. The Labute approximate surface area is 188 Å². The first-order valence-corrected chi connectivity index (χ1v) is 10.6. The van der Waals surface area contributed by atoms with Gasteiger partial charge in [-0.3, -0.25) is 9.59 Å². The lowest BCUT2D eigenvalue weighted by Crippen LogP contribution is -2.21. The predicted molar refractivity (Wildman–Crippen MR) is 129 cm³/mol. The summed E-state index contributed by atoms with van der Waals surface area (Å²) in [4.78, 5) is 32.2. The van der Waals surface area contributed by atoms with Crippen LogP contribution in [0.4, 0.5) is 0 Å². The number of hydrogen-bond acceptors (Lipinski definition) is 4. The van der Waals surface area contributed by atoms with Crippen molar-refractivity contribution in [2.24, 2.45) is 0 Å². The number of H-pyrrole nitrogens is 2. The van der Waals surface area contributed by atoms with Gasteiger partial charge in [0, 0.05) is 34.4 Å². The molecule has 2 aromatic heterocycles. The fraction of sp³-hybridized carbons (Fsp3) is 0.385. The number of ether oxygens (including phenoxy) is 2. The third kappa shape index (κ3) is 4.49. The van der Waals surface area contributed by atoms with Crippen LogP contribution in [0.3, 0.4) is 0 Å². The number of methoxy groups -OCH3 is 2. The van der Waals surface area contributed by atoms with Crippen molar-refractivity contribution < 1.29 is 9.47 Å². The number of hydrogen-bond donors (Lipinski definition) is 2. The largest absolute Gasteiger partial charge is 0.491 e. The van der Waals surface area contributed by atoms with Crippen LogP contribution in [-0.4, -0.2) is 24.2 Å². The molecule has 0 amide bonds. The zero-order valence-electron chi connectivity index (χ0n) is 20.1. The van der Waals surface area contributed by atoms with Crippen molar-refractivity contribution in [2.75, 3.05) is 14.2 Å². The third-order valence-electron chi connectivity index (χ3n) is 5.36. The molecule has 0 aliphatic rings. The first kappa shape index (κ1) is 23.4. The second kappa shape index (κ2) is 8.34. The van der Waals surface area contributed by atoms with Crippen molar-refractivity contribution in [2.45, 2.75) is 52.4 Å². The average Bonchev–Trinajstić information content (AvgIpc) is 2.71. The molecule has 2 heterocycles. The Hall–Kier alpha value is -3.28. The molecule has 0 saturated heterocycles. The number of rotatable bonds is 4. The van der Waals surface area contributed by atoms with Crippen LogP contribution in [0.1, 0.15) is 52.9 Å². The Bertz CT molecular complexity index is 1160. The van der Waals surface area contributed by atoms with Gasteiger partial charge in [-0.2, -0.15) is 0 Å². The van der Waals surface area contributed by atoms with Gasteiger partial charge in [0.15, 0.2) is 11.5 Å². The Kier molecular flexibility index (Phi) is 6.09. The Morgan fingerprint density at radius 2 is 1.03 bits per heavy atom. The Balaban J connectivity index is 2.19. The number of pyridine rings is 2. The van der Waals surface area contributed by atoms with Crippen molar-refractivity contribution >= 4 is 0 Å². The summed E-state index contributed by atoms with van der Waals surface area (Å²) >= 11 is 0. The molecule has 2 N–H and O–H groups in total. The highest BCUT2D eigenvalue weighted by molar-refractivity contribution is 5.70. The zero-order valence-corrected chi connectivity index (χ0v) is 20.1. The van der Waals surface area contributed by atoms with E-state index in [0.717, 1.165) is 22.5 Å². The first-order valence-electron chi connectivity index (χ1n) is 10.6. The van der Waals surface area contributed by atoms with E-state index >= 15 is 0 Å². The minimum absolute atomic E-state index is 0.176. The molecule has 0 saturated carbocycles. The van der Waals surface area contributed by atoms with E-state index in [1.165, 1.54) is 14.2 Å². The standard InChI is InChI=1S/C26H32N2O4/c1-25(2,3)23-21(31-7)19(29)13-17(27-23)15-10-9-11-16(12-15)18-14-20(30)22(32-8)24(28-18)26(4,5)6/h9-14H,1-8H3,(H,27,29)(H,28,30). The molecule has 170 valence electrons. The lowest BCUT2D eigenvalue weighted by atomic mass is 9.90. The first-order chi connectivity index (χ1) is 14.9. The van der Waals surface area contributed by atoms with Gasteiger partial charge < -0.3 is 19.4 Å². The van der Waals surface area contributed by atoms with Gasteiger partial charge in [0.1, 0.15) is 0 Å². The predicted octanol–water partition coefficient (Wildman–Crippen LogP) is 5.01. The van der Waals surface area contributed by atoms with E-state index in [9.17, 15) is 9.59 Å². The summed E-state index contributed by atoms with van der Waals surface area (Å²) in [6.45, 7) is 12.1. The van der Waals surface area contributed by atoms with Crippen molar-refractivity contribution in [3.63, 3.8) is 0 Å². The van der Waals surface area contributed by atoms with Gasteiger partial charge in [-0.05, 0) is 17.2 Å². The fourth-order valence-electron chi connectivity index (χ4n) is 3.72. The minimum Gasteiger partial charge on any atom is -0.491 e. The van der Waals surface area contributed by atoms with Gasteiger partial charge >= 0.3 is 0 Å². The van der Waals surface area contributed by atoms with Crippen LogP contribution in [0.25, 0.3) is 22.5 Å². The molecular formula is C26H32N2O4. The van der Waals surface area contributed by atoms with E-state index in [-0.39, 0.29) is 21.7 Å². The summed E-state index contributed by atoms with van der Waals surface area (Å²) in [6.07, 6.45) is 0. The maximum atomic E-state index is 12.7. The van der Waals surface area contributed by atoms with Crippen molar-refractivity contribution in [1.82, 2.24) is 9.97 Å². The van der Waals surface area contributed by atoms with E-state index < -0.39 is 0 Å². The molecule has 3 aromatic rings. The molecule has 3 rings (SSSR count). The summed E-state index contributed by atoms with van der Waals surface area (Å²) in [7, 11) is 3.01. The maximum absolute atomic E-state index is 12.7. The minimum atomic E-state index is -0.305. The molecule has 0 aliphatic heterocycles. The number of aromatic amines is 2. The molecule has 32 heavy (non-hydrogen) atoms. The van der Waals surface area contributed by atoms with Gasteiger partial charge in [-0.1, -0.05) is 59.7 Å². The summed E-state index contributed by atoms with van der Waals surface area (Å²) in [6, 6.07) is 10.8. The fourth-order valence-corrected chi connectivity index (χ4v) is 3.72. The highest BCUT2D eigenvalue weighted by atomic mass is 16.5. The van der Waals surface area contributed by atoms with Crippen LogP contribution in [0.15, 0.2) is 46.0 Å². The molecule has 0 radical (unpaired) electrons. The van der Waals surface area contributed by atoms with Gasteiger partial charge in [-0.15, -0.1) is 0 Å². The number of benzene rings is 1. The third-order valence-corrected chi connectivity index (χ3v) is 5.36. The van der Waals surface area contributed by atoms with Gasteiger partial charge in [0.05, 0.1) is 25.6 Å². The zero-order chi connectivity index (χ0) is 23.8. The van der Waals surface area contributed by atoms with E-state index in [1.54, 1.807) is 12.1 Å².